The molecule has 7 heteroatoms. The highest BCUT2D eigenvalue weighted by molar-refractivity contribution is 7.99. The van der Waals surface area contributed by atoms with Crippen molar-refractivity contribution < 1.29 is 14.1 Å². The molecule has 0 aliphatic carbocycles. The molecule has 0 unspecified atom stereocenters. The monoisotopic (exact) mass is 401 g/mol. The van der Waals surface area contributed by atoms with Crippen LogP contribution in [0.1, 0.15) is 38.0 Å². The highest BCUT2D eigenvalue weighted by Crippen LogP contribution is 2.24. The molecule has 0 saturated carbocycles. The molecular formula is C21H27N3O3S. The fraction of sp³-hybridized carbons (Fsp3) is 0.476. The topological polar surface area (TPSA) is 75.4 Å². The van der Waals surface area contributed by atoms with Crippen molar-refractivity contribution in [3.8, 4) is 0 Å². The van der Waals surface area contributed by atoms with Gasteiger partial charge in [0.2, 0.25) is 11.8 Å². The lowest BCUT2D eigenvalue weighted by Gasteiger charge is -2.31. The Kier molecular flexibility index (Phi) is 6.78. The van der Waals surface area contributed by atoms with E-state index in [1.807, 2.05) is 28.8 Å². The zero-order valence-electron chi connectivity index (χ0n) is 16.6. The van der Waals surface area contributed by atoms with Crippen LogP contribution in [0, 0.1) is 12.8 Å². The Morgan fingerprint density at radius 2 is 1.93 bits per heavy atom. The van der Waals surface area contributed by atoms with E-state index in [0.717, 1.165) is 5.56 Å². The summed E-state index contributed by atoms with van der Waals surface area (Å²) in [6, 6.07) is 9.91. The van der Waals surface area contributed by atoms with Crippen molar-refractivity contribution in [1.29, 1.82) is 0 Å². The van der Waals surface area contributed by atoms with Crippen LogP contribution in [-0.4, -0.2) is 40.2 Å². The van der Waals surface area contributed by atoms with Crippen LogP contribution >= 0.6 is 11.8 Å². The van der Waals surface area contributed by atoms with Gasteiger partial charge in [0.1, 0.15) is 5.76 Å². The summed E-state index contributed by atoms with van der Waals surface area (Å²) in [5.74, 6) is 1.06. The molecule has 0 radical (unpaired) electrons. The van der Waals surface area contributed by atoms with E-state index in [1.165, 1.54) is 4.90 Å². The van der Waals surface area contributed by atoms with Crippen LogP contribution in [0.15, 0.2) is 39.8 Å². The molecular weight excluding hydrogens is 374 g/mol. The normalized spacial score (nSPS) is 15.1. The molecule has 1 saturated heterocycles. The molecule has 2 amide bonds. The van der Waals surface area contributed by atoms with Crippen molar-refractivity contribution in [1.82, 2.24) is 10.1 Å². The van der Waals surface area contributed by atoms with Gasteiger partial charge in [0.25, 0.3) is 0 Å². The number of piperidine rings is 1. The third-order valence-corrected chi connectivity index (χ3v) is 5.76. The molecule has 1 aliphatic heterocycles. The predicted molar refractivity (Wildman–Crippen MR) is 110 cm³/mol. The number of hydrogen-bond donors (Lipinski definition) is 1. The number of thioether (sulfide) groups is 1. The number of aromatic nitrogens is 1. The highest BCUT2D eigenvalue weighted by atomic mass is 32.2. The van der Waals surface area contributed by atoms with Gasteiger partial charge >= 0.3 is 0 Å². The molecule has 6 nitrogen and oxygen atoms in total. The summed E-state index contributed by atoms with van der Waals surface area (Å²) >= 11 is 1.82. The maximum absolute atomic E-state index is 12.6. The minimum atomic E-state index is -0.103. The number of benzene rings is 1. The smallest absolute Gasteiger partial charge is 0.228 e. The number of rotatable bonds is 6. The maximum Gasteiger partial charge on any atom is 0.228 e. The largest absolute Gasteiger partial charge is 0.360 e. The molecule has 1 aromatic heterocycles. The summed E-state index contributed by atoms with van der Waals surface area (Å²) in [6.45, 7) is 7.33. The fourth-order valence-corrected chi connectivity index (χ4v) is 4.13. The minimum Gasteiger partial charge on any atom is -0.360 e. The van der Waals surface area contributed by atoms with E-state index in [0.29, 0.717) is 49.2 Å². The average Bonchev–Trinajstić information content (AvgIpc) is 3.07. The zero-order chi connectivity index (χ0) is 20.1. The number of carbonyl (C=O) groups excluding carboxylic acids is 2. The second kappa shape index (κ2) is 9.28. The average molecular weight is 402 g/mol. The second-order valence-corrected chi connectivity index (χ2v) is 9.10. The molecule has 2 aromatic rings. The first kappa shape index (κ1) is 20.5. The van der Waals surface area contributed by atoms with E-state index >= 15 is 0 Å². The maximum atomic E-state index is 12.6. The number of nitrogens with one attached hydrogen (secondary N) is 1. The molecule has 0 atom stereocenters. The number of amides is 2. The molecule has 1 aromatic carbocycles. The molecule has 1 N–H and O–H groups in total. The Morgan fingerprint density at radius 1 is 1.25 bits per heavy atom. The molecule has 3 rings (SSSR count). The Morgan fingerprint density at radius 3 is 2.50 bits per heavy atom. The number of carbonyl (C=O) groups is 2. The minimum absolute atomic E-state index is 0.0568. The van der Waals surface area contributed by atoms with E-state index in [1.54, 1.807) is 13.0 Å². The molecule has 1 aliphatic rings. The first-order valence-corrected chi connectivity index (χ1v) is 10.6. The van der Waals surface area contributed by atoms with Crippen molar-refractivity contribution >= 4 is 29.4 Å². The summed E-state index contributed by atoms with van der Waals surface area (Å²) in [7, 11) is 0. The summed E-state index contributed by atoms with van der Waals surface area (Å²) in [4.78, 5) is 28.0. The van der Waals surface area contributed by atoms with Crippen molar-refractivity contribution in [2.24, 2.45) is 5.92 Å². The van der Waals surface area contributed by atoms with E-state index in [2.05, 4.69) is 36.5 Å². The van der Waals surface area contributed by atoms with E-state index in [9.17, 15) is 9.59 Å². The third kappa shape index (κ3) is 5.61. The van der Waals surface area contributed by atoms with Crippen LogP contribution in [-0.2, 0) is 16.0 Å². The van der Waals surface area contributed by atoms with Crippen molar-refractivity contribution in [2.75, 3.05) is 18.4 Å². The molecule has 150 valence electrons. The van der Waals surface area contributed by atoms with Gasteiger partial charge in [-0.1, -0.05) is 31.1 Å². The van der Waals surface area contributed by atoms with Crippen LogP contribution in [0.2, 0.25) is 0 Å². The SMILES string of the molecule is Cc1cc(NC(=O)C2CCN(C(=O)Cc3ccc(SC(C)C)cc3)CC2)no1. The van der Waals surface area contributed by atoms with Gasteiger partial charge < -0.3 is 14.7 Å². The van der Waals surface area contributed by atoms with E-state index < -0.39 is 0 Å². The van der Waals surface area contributed by atoms with Gasteiger partial charge in [-0.3, -0.25) is 9.59 Å². The number of nitrogens with zero attached hydrogens (tertiary/aromatic N) is 2. The summed E-state index contributed by atoms with van der Waals surface area (Å²) < 4.78 is 4.96. The van der Waals surface area contributed by atoms with Gasteiger partial charge in [0.15, 0.2) is 5.82 Å². The van der Waals surface area contributed by atoms with Crippen molar-refractivity contribution in [3.63, 3.8) is 0 Å². The van der Waals surface area contributed by atoms with Crippen molar-refractivity contribution in [3.05, 3.63) is 41.7 Å². The molecule has 2 heterocycles. The van der Waals surface area contributed by atoms with Gasteiger partial charge in [0, 0.05) is 35.2 Å². The second-order valence-electron chi connectivity index (χ2n) is 7.45. The quantitative estimate of drug-likeness (QED) is 0.743. The van der Waals surface area contributed by atoms with Gasteiger partial charge in [-0.2, -0.15) is 0 Å². The molecule has 0 bridgehead atoms. The van der Waals surface area contributed by atoms with Crippen molar-refractivity contribution in [2.45, 2.75) is 50.2 Å². The Hall–Kier alpha value is -2.28. The van der Waals surface area contributed by atoms with Gasteiger partial charge in [-0.15, -0.1) is 11.8 Å². The lowest BCUT2D eigenvalue weighted by Crippen LogP contribution is -2.42. The summed E-state index contributed by atoms with van der Waals surface area (Å²) in [5.41, 5.74) is 1.03. The summed E-state index contributed by atoms with van der Waals surface area (Å²) in [5, 5.41) is 7.12. The lowest BCUT2D eigenvalue weighted by atomic mass is 9.95. The Balaban J connectivity index is 1.46. The van der Waals surface area contributed by atoms with Crippen LogP contribution in [0.4, 0.5) is 5.82 Å². The highest BCUT2D eigenvalue weighted by Gasteiger charge is 2.27. The Labute approximate surface area is 170 Å². The molecule has 1 fully saturated rings. The first-order chi connectivity index (χ1) is 13.4. The van der Waals surface area contributed by atoms with E-state index in [4.69, 9.17) is 4.52 Å². The number of anilines is 1. The summed E-state index contributed by atoms with van der Waals surface area (Å²) in [6.07, 6.45) is 1.73. The van der Waals surface area contributed by atoms with Gasteiger partial charge in [-0.05, 0) is 37.5 Å². The lowest BCUT2D eigenvalue weighted by molar-refractivity contribution is -0.133. The Bertz CT molecular complexity index is 809. The van der Waals surface area contributed by atoms with Crippen LogP contribution < -0.4 is 5.32 Å². The first-order valence-electron chi connectivity index (χ1n) is 9.68. The van der Waals surface area contributed by atoms with Gasteiger partial charge in [-0.25, -0.2) is 0 Å². The van der Waals surface area contributed by atoms with E-state index in [-0.39, 0.29) is 17.7 Å². The molecule has 28 heavy (non-hydrogen) atoms. The fourth-order valence-electron chi connectivity index (χ4n) is 3.29. The van der Waals surface area contributed by atoms with Gasteiger partial charge in [0.05, 0.1) is 6.42 Å². The third-order valence-electron chi connectivity index (χ3n) is 4.75. The predicted octanol–water partition coefficient (Wildman–Crippen LogP) is 3.90. The van der Waals surface area contributed by atoms with Crippen LogP contribution in [0.25, 0.3) is 0 Å². The molecule has 0 spiro atoms. The standard InChI is InChI=1S/C21H27N3O3S/c1-14(2)28-18-6-4-16(5-7-18)13-20(25)24-10-8-17(9-11-24)21(26)22-19-12-15(3)27-23-19/h4-7,12,14,17H,8-11,13H2,1-3H3,(H,22,23,26). The number of likely N-dealkylation sites (tertiary alicyclic amines) is 1. The van der Waals surface area contributed by atoms with Crippen LogP contribution in [0.3, 0.4) is 0 Å². The number of aryl methyl sites for hydroxylation is 1. The van der Waals surface area contributed by atoms with Crippen LogP contribution in [0.5, 0.6) is 0 Å². The number of hydrogen-bond acceptors (Lipinski definition) is 5. The zero-order valence-corrected chi connectivity index (χ0v) is 17.4.